The van der Waals surface area contributed by atoms with Crippen LogP contribution in [0.3, 0.4) is 0 Å². The molecule has 2 aromatic carbocycles. The lowest BCUT2D eigenvalue weighted by Crippen LogP contribution is -2.49. The number of hydrogen-bond donors (Lipinski definition) is 2. The van der Waals surface area contributed by atoms with Crippen molar-refractivity contribution in [1.29, 1.82) is 0 Å². The van der Waals surface area contributed by atoms with Crippen LogP contribution >= 0.6 is 11.6 Å². The maximum absolute atomic E-state index is 13.7. The van der Waals surface area contributed by atoms with Gasteiger partial charge in [0.05, 0.1) is 12.8 Å². The van der Waals surface area contributed by atoms with Gasteiger partial charge in [-0.2, -0.15) is 4.80 Å². The number of nitrogens with one attached hydrogen (secondary N) is 1. The van der Waals surface area contributed by atoms with E-state index in [1.54, 1.807) is 48.5 Å². The Morgan fingerprint density at radius 1 is 1.11 bits per heavy atom. The molecular weight excluding hydrogens is 496 g/mol. The first-order valence-corrected chi connectivity index (χ1v) is 11.9. The number of carbonyl (C=O) groups excluding carboxylic acids is 2. The van der Waals surface area contributed by atoms with E-state index in [9.17, 15) is 14.7 Å². The minimum atomic E-state index is -1.02. The summed E-state index contributed by atoms with van der Waals surface area (Å²) in [7, 11) is 0. The summed E-state index contributed by atoms with van der Waals surface area (Å²) < 4.78 is 5.49. The van der Waals surface area contributed by atoms with E-state index in [1.807, 2.05) is 20.8 Å². The minimum Gasteiger partial charge on any atom is -0.508 e. The van der Waals surface area contributed by atoms with Crippen molar-refractivity contribution in [3.63, 3.8) is 0 Å². The Morgan fingerprint density at radius 2 is 1.81 bits per heavy atom. The molecule has 0 fully saturated rings. The zero-order chi connectivity index (χ0) is 26.6. The van der Waals surface area contributed by atoms with Crippen LogP contribution in [0.5, 0.6) is 5.75 Å². The largest absolute Gasteiger partial charge is 0.508 e. The van der Waals surface area contributed by atoms with Gasteiger partial charge in [-0.3, -0.25) is 9.59 Å². The van der Waals surface area contributed by atoms with Crippen LogP contribution in [0, 0.1) is 0 Å². The SMILES string of the molecule is CC(C)(C)NC(=O)C(c1ccc(O)cc1)N(Cc1ccco1)C(=O)Cn1nnc(-c2ccc(Cl)cc2)n1. The maximum Gasteiger partial charge on any atom is 0.247 e. The van der Waals surface area contributed by atoms with Gasteiger partial charge in [-0.1, -0.05) is 23.7 Å². The Bertz CT molecular complexity index is 1350. The van der Waals surface area contributed by atoms with Gasteiger partial charge in [0.25, 0.3) is 0 Å². The van der Waals surface area contributed by atoms with Gasteiger partial charge in [-0.25, -0.2) is 0 Å². The minimum absolute atomic E-state index is 0.0215. The number of amides is 2. The number of phenols is 1. The van der Waals surface area contributed by atoms with Gasteiger partial charge in [0.2, 0.25) is 17.6 Å². The standard InChI is InChI=1S/C26H27ClN6O4/c1-26(2,3)28-25(36)23(17-8-12-20(34)13-9-17)32(15-21-5-4-14-37-21)22(35)16-33-30-24(29-31-33)18-6-10-19(27)11-7-18/h4-14,23,34H,15-16H2,1-3H3,(H,28,36). The number of nitrogens with zero attached hydrogens (tertiary/aromatic N) is 5. The van der Waals surface area contributed by atoms with E-state index in [-0.39, 0.29) is 24.7 Å². The van der Waals surface area contributed by atoms with Crippen LogP contribution in [0.2, 0.25) is 5.02 Å². The summed E-state index contributed by atoms with van der Waals surface area (Å²) in [6, 6.07) is 15.5. The summed E-state index contributed by atoms with van der Waals surface area (Å²) in [6.45, 7) is 5.33. The molecule has 10 nitrogen and oxygen atoms in total. The molecule has 0 bridgehead atoms. The van der Waals surface area contributed by atoms with E-state index < -0.39 is 17.5 Å². The topological polar surface area (TPSA) is 126 Å². The highest BCUT2D eigenvalue weighted by molar-refractivity contribution is 6.30. The highest BCUT2D eigenvalue weighted by atomic mass is 35.5. The molecule has 2 amide bonds. The Kier molecular flexibility index (Phi) is 7.58. The van der Waals surface area contributed by atoms with Gasteiger partial charge in [0.1, 0.15) is 24.1 Å². The van der Waals surface area contributed by atoms with Crippen LogP contribution < -0.4 is 5.32 Å². The quantitative estimate of drug-likeness (QED) is 0.358. The van der Waals surface area contributed by atoms with Gasteiger partial charge in [0, 0.05) is 16.1 Å². The number of tetrazole rings is 1. The van der Waals surface area contributed by atoms with Crippen molar-refractivity contribution in [2.75, 3.05) is 0 Å². The second kappa shape index (κ2) is 10.8. The summed E-state index contributed by atoms with van der Waals surface area (Å²) >= 11 is 5.95. The van der Waals surface area contributed by atoms with Crippen molar-refractivity contribution in [2.45, 2.75) is 45.4 Å². The fourth-order valence-corrected chi connectivity index (χ4v) is 3.82. The van der Waals surface area contributed by atoms with Crippen LogP contribution in [0.1, 0.15) is 38.1 Å². The van der Waals surface area contributed by atoms with Gasteiger partial charge in [0.15, 0.2) is 0 Å². The van der Waals surface area contributed by atoms with Crippen molar-refractivity contribution < 1.29 is 19.1 Å². The number of hydrogen-bond acceptors (Lipinski definition) is 7. The summed E-state index contributed by atoms with van der Waals surface area (Å²) in [6.07, 6.45) is 1.50. The Labute approximate surface area is 218 Å². The van der Waals surface area contributed by atoms with Crippen molar-refractivity contribution in [1.82, 2.24) is 30.4 Å². The molecule has 0 aliphatic carbocycles. The van der Waals surface area contributed by atoms with Crippen molar-refractivity contribution >= 4 is 23.4 Å². The molecule has 0 saturated heterocycles. The first-order valence-electron chi connectivity index (χ1n) is 11.6. The van der Waals surface area contributed by atoms with Gasteiger partial charge in [-0.15, -0.1) is 10.2 Å². The van der Waals surface area contributed by atoms with E-state index >= 15 is 0 Å². The molecular formula is C26H27ClN6O4. The highest BCUT2D eigenvalue weighted by Gasteiger charge is 2.34. The van der Waals surface area contributed by atoms with Crippen LogP contribution in [-0.4, -0.2) is 47.6 Å². The fourth-order valence-electron chi connectivity index (χ4n) is 3.70. The molecule has 0 radical (unpaired) electrons. The molecule has 2 aromatic heterocycles. The predicted molar refractivity (Wildman–Crippen MR) is 136 cm³/mol. The Balaban J connectivity index is 1.66. The smallest absolute Gasteiger partial charge is 0.247 e. The third-order valence-electron chi connectivity index (χ3n) is 5.33. The molecule has 2 N–H and O–H groups in total. The Morgan fingerprint density at radius 3 is 2.43 bits per heavy atom. The number of phenolic OH excluding ortho intramolecular Hbond substituents is 1. The van der Waals surface area contributed by atoms with E-state index in [4.69, 9.17) is 16.0 Å². The molecule has 0 spiro atoms. The highest BCUT2D eigenvalue weighted by Crippen LogP contribution is 2.27. The number of aromatic hydroxyl groups is 1. The number of halogens is 1. The summed E-state index contributed by atoms with van der Waals surface area (Å²) in [4.78, 5) is 29.8. The third-order valence-corrected chi connectivity index (χ3v) is 5.58. The van der Waals surface area contributed by atoms with Crippen LogP contribution in [0.25, 0.3) is 11.4 Å². The average Bonchev–Trinajstić information content (AvgIpc) is 3.51. The Hall–Kier alpha value is -4.18. The summed E-state index contributed by atoms with van der Waals surface area (Å²) in [5.74, 6) is 0.0611. The molecule has 4 rings (SSSR count). The predicted octanol–water partition coefficient (Wildman–Crippen LogP) is 3.98. The number of rotatable bonds is 8. The molecule has 2 heterocycles. The lowest BCUT2D eigenvalue weighted by atomic mass is 10.0. The lowest BCUT2D eigenvalue weighted by molar-refractivity contribution is -0.143. The number of carbonyl (C=O) groups is 2. The van der Waals surface area contributed by atoms with Crippen molar-refractivity contribution in [2.24, 2.45) is 0 Å². The second-order valence-electron chi connectivity index (χ2n) is 9.48. The van der Waals surface area contributed by atoms with E-state index in [2.05, 4.69) is 20.7 Å². The van der Waals surface area contributed by atoms with Crippen molar-refractivity contribution in [3.05, 3.63) is 83.3 Å². The van der Waals surface area contributed by atoms with E-state index in [0.29, 0.717) is 27.7 Å². The molecule has 0 aliphatic rings. The van der Waals surface area contributed by atoms with Crippen LogP contribution in [0.4, 0.5) is 0 Å². The van der Waals surface area contributed by atoms with E-state index in [1.165, 1.54) is 28.1 Å². The monoisotopic (exact) mass is 522 g/mol. The van der Waals surface area contributed by atoms with Gasteiger partial charge >= 0.3 is 0 Å². The normalized spacial score (nSPS) is 12.2. The molecule has 4 aromatic rings. The summed E-state index contributed by atoms with van der Waals surface area (Å²) in [5.41, 5.74) is 0.669. The first-order chi connectivity index (χ1) is 17.6. The summed E-state index contributed by atoms with van der Waals surface area (Å²) in [5, 5.41) is 25.7. The average molecular weight is 523 g/mol. The zero-order valence-corrected chi connectivity index (χ0v) is 21.4. The van der Waals surface area contributed by atoms with Crippen LogP contribution in [0.15, 0.2) is 71.3 Å². The maximum atomic E-state index is 13.7. The molecule has 0 aliphatic heterocycles. The van der Waals surface area contributed by atoms with Crippen molar-refractivity contribution in [3.8, 4) is 17.1 Å². The number of aromatic nitrogens is 4. The zero-order valence-electron chi connectivity index (χ0n) is 20.6. The van der Waals surface area contributed by atoms with Crippen LogP contribution in [-0.2, 0) is 22.7 Å². The first kappa shape index (κ1) is 25.9. The molecule has 37 heavy (non-hydrogen) atoms. The molecule has 1 atom stereocenters. The van der Waals surface area contributed by atoms with E-state index in [0.717, 1.165) is 0 Å². The van der Waals surface area contributed by atoms with Gasteiger partial charge in [-0.05, 0) is 80.1 Å². The third kappa shape index (κ3) is 6.73. The number of benzene rings is 2. The molecule has 0 saturated carbocycles. The van der Waals surface area contributed by atoms with Gasteiger partial charge < -0.3 is 19.7 Å². The molecule has 11 heteroatoms. The fraction of sp³-hybridized carbons (Fsp3) is 0.269. The second-order valence-corrected chi connectivity index (χ2v) is 9.92. The molecule has 192 valence electrons. The number of furan rings is 1. The molecule has 1 unspecified atom stereocenters. The lowest BCUT2D eigenvalue weighted by Gasteiger charge is -2.33.